The fraction of sp³-hybridized carbons (Fsp3) is 0.333. The first kappa shape index (κ1) is 22.2. The molecule has 0 spiro atoms. The topological polar surface area (TPSA) is 66.9 Å². The molecule has 1 aliphatic rings. The largest absolute Gasteiger partial charge is 0.484 e. The number of thiol groups is 1. The van der Waals surface area contributed by atoms with Crippen molar-refractivity contribution >= 4 is 40.9 Å². The van der Waals surface area contributed by atoms with Crippen molar-refractivity contribution in [2.75, 3.05) is 56.0 Å². The Labute approximate surface area is 193 Å². The average Bonchev–Trinajstić information content (AvgIpc) is 2.79. The van der Waals surface area contributed by atoms with Crippen LogP contribution in [0.3, 0.4) is 0 Å². The number of nitrogens with one attached hydrogen (secondary N) is 1. The van der Waals surface area contributed by atoms with E-state index >= 15 is 0 Å². The van der Waals surface area contributed by atoms with Crippen LogP contribution in [0, 0.1) is 6.92 Å². The standard InChI is InChI=1S/C24H28N4O3S/c1-17-13-23(28-11-9-27(2)10-12-28)26-22-8-3-18(14-21(17)22)25-24(29)15-30-19-4-6-20(7-5-19)31-16-32/h3-8,13-14,32H,9-12,15-16H2,1-2H3,(H,25,29). The van der Waals surface area contributed by atoms with Crippen LogP contribution in [0.4, 0.5) is 11.5 Å². The minimum absolute atomic E-state index is 0.0790. The zero-order chi connectivity index (χ0) is 22.5. The molecule has 1 aliphatic heterocycles. The van der Waals surface area contributed by atoms with E-state index in [1.54, 1.807) is 24.3 Å². The molecule has 0 aliphatic carbocycles. The van der Waals surface area contributed by atoms with Crippen molar-refractivity contribution in [3.05, 3.63) is 54.1 Å². The van der Waals surface area contributed by atoms with Gasteiger partial charge in [0.2, 0.25) is 0 Å². The predicted molar refractivity (Wildman–Crippen MR) is 131 cm³/mol. The minimum Gasteiger partial charge on any atom is -0.484 e. The highest BCUT2D eigenvalue weighted by Gasteiger charge is 2.16. The summed E-state index contributed by atoms with van der Waals surface area (Å²) in [6.45, 7) is 6.05. The molecular formula is C24H28N4O3S. The summed E-state index contributed by atoms with van der Waals surface area (Å²) in [5.41, 5.74) is 2.79. The number of amides is 1. The van der Waals surface area contributed by atoms with E-state index in [0.29, 0.717) is 17.4 Å². The van der Waals surface area contributed by atoms with Crippen molar-refractivity contribution in [1.29, 1.82) is 0 Å². The number of benzene rings is 2. The number of aromatic nitrogens is 1. The van der Waals surface area contributed by atoms with Gasteiger partial charge >= 0.3 is 0 Å². The Balaban J connectivity index is 1.39. The fourth-order valence-corrected chi connectivity index (χ4v) is 3.85. The Morgan fingerprint density at radius 2 is 1.72 bits per heavy atom. The van der Waals surface area contributed by atoms with Gasteiger partial charge in [0.05, 0.1) is 5.52 Å². The summed E-state index contributed by atoms with van der Waals surface area (Å²) >= 11 is 4.02. The van der Waals surface area contributed by atoms with Crippen LogP contribution in [0.2, 0.25) is 0 Å². The molecule has 0 bridgehead atoms. The maximum atomic E-state index is 12.4. The summed E-state index contributed by atoms with van der Waals surface area (Å²) in [5, 5.41) is 3.93. The minimum atomic E-state index is -0.222. The van der Waals surface area contributed by atoms with Crippen LogP contribution in [0.25, 0.3) is 10.9 Å². The second-order valence-electron chi connectivity index (χ2n) is 7.90. The van der Waals surface area contributed by atoms with E-state index in [-0.39, 0.29) is 12.5 Å². The predicted octanol–water partition coefficient (Wildman–Crippen LogP) is 3.58. The number of rotatable bonds is 7. The quantitative estimate of drug-likeness (QED) is 0.422. The maximum Gasteiger partial charge on any atom is 0.262 e. The summed E-state index contributed by atoms with van der Waals surface area (Å²) in [6, 6.07) is 15.0. The van der Waals surface area contributed by atoms with Gasteiger partial charge in [-0.15, -0.1) is 12.6 Å². The molecule has 32 heavy (non-hydrogen) atoms. The first-order valence-corrected chi connectivity index (χ1v) is 11.3. The number of fused-ring (bicyclic) bond motifs is 1. The highest BCUT2D eigenvalue weighted by atomic mass is 32.1. The molecule has 2 heterocycles. The lowest BCUT2D eigenvalue weighted by Gasteiger charge is -2.33. The lowest BCUT2D eigenvalue weighted by atomic mass is 10.1. The maximum absolute atomic E-state index is 12.4. The summed E-state index contributed by atoms with van der Waals surface area (Å²) < 4.78 is 10.8. The monoisotopic (exact) mass is 452 g/mol. The van der Waals surface area contributed by atoms with Crippen LogP contribution in [-0.2, 0) is 4.79 Å². The molecule has 1 amide bonds. The van der Waals surface area contributed by atoms with E-state index in [0.717, 1.165) is 54.2 Å². The van der Waals surface area contributed by atoms with Crippen LogP contribution in [0.15, 0.2) is 48.5 Å². The number of nitrogens with zero attached hydrogens (tertiary/aromatic N) is 3. The number of piperazine rings is 1. The average molecular weight is 453 g/mol. The van der Waals surface area contributed by atoms with Gasteiger partial charge in [-0.2, -0.15) is 0 Å². The van der Waals surface area contributed by atoms with Crippen molar-refractivity contribution in [2.24, 2.45) is 0 Å². The van der Waals surface area contributed by atoms with Crippen LogP contribution >= 0.6 is 12.6 Å². The molecule has 4 rings (SSSR count). The molecular weight excluding hydrogens is 424 g/mol. The second kappa shape index (κ2) is 10.1. The highest BCUT2D eigenvalue weighted by molar-refractivity contribution is 7.80. The zero-order valence-electron chi connectivity index (χ0n) is 18.4. The third kappa shape index (κ3) is 5.44. The molecule has 0 unspecified atom stereocenters. The molecule has 1 saturated heterocycles. The Kier molecular flexibility index (Phi) is 7.02. The molecule has 3 aromatic rings. The smallest absolute Gasteiger partial charge is 0.262 e. The number of pyridine rings is 1. The lowest BCUT2D eigenvalue weighted by Crippen LogP contribution is -2.44. The SMILES string of the molecule is Cc1cc(N2CCN(C)CC2)nc2ccc(NC(=O)COc3ccc(OCS)cc3)cc12. The number of ether oxygens (including phenoxy) is 2. The molecule has 168 valence electrons. The molecule has 0 saturated carbocycles. The van der Waals surface area contributed by atoms with E-state index < -0.39 is 0 Å². The van der Waals surface area contributed by atoms with Gasteiger partial charge in [0.25, 0.3) is 5.91 Å². The number of aryl methyl sites for hydroxylation is 1. The normalized spacial score (nSPS) is 14.4. The van der Waals surface area contributed by atoms with Crippen molar-refractivity contribution in [1.82, 2.24) is 9.88 Å². The molecule has 2 aromatic carbocycles. The lowest BCUT2D eigenvalue weighted by molar-refractivity contribution is -0.118. The van der Waals surface area contributed by atoms with E-state index in [1.807, 2.05) is 18.2 Å². The summed E-state index contributed by atoms with van der Waals surface area (Å²) in [7, 11) is 2.15. The van der Waals surface area contributed by atoms with Gasteiger partial charge in [0.15, 0.2) is 6.61 Å². The van der Waals surface area contributed by atoms with Crippen molar-refractivity contribution in [3.63, 3.8) is 0 Å². The van der Waals surface area contributed by atoms with Gasteiger partial charge in [-0.25, -0.2) is 4.98 Å². The molecule has 0 atom stereocenters. The summed E-state index contributed by atoms with van der Waals surface area (Å²) in [5.74, 6) is 2.40. The molecule has 1 fully saturated rings. The van der Waals surface area contributed by atoms with E-state index in [1.165, 1.54) is 0 Å². The zero-order valence-corrected chi connectivity index (χ0v) is 19.3. The molecule has 8 heteroatoms. The number of hydrogen-bond donors (Lipinski definition) is 2. The van der Waals surface area contributed by atoms with Crippen LogP contribution in [0.1, 0.15) is 5.56 Å². The van der Waals surface area contributed by atoms with Gasteiger partial charge in [0, 0.05) is 37.3 Å². The summed E-state index contributed by atoms with van der Waals surface area (Å²) in [6.07, 6.45) is 0. The van der Waals surface area contributed by atoms with Crippen LogP contribution in [0.5, 0.6) is 11.5 Å². The van der Waals surface area contributed by atoms with Crippen molar-refractivity contribution in [3.8, 4) is 11.5 Å². The molecule has 0 radical (unpaired) electrons. The third-order valence-electron chi connectivity index (χ3n) is 5.54. The van der Waals surface area contributed by atoms with Gasteiger partial charge < -0.3 is 24.6 Å². The van der Waals surface area contributed by atoms with E-state index in [9.17, 15) is 4.79 Å². The Bertz CT molecular complexity index is 1080. The molecule has 7 nitrogen and oxygen atoms in total. The number of carbonyl (C=O) groups excluding carboxylic acids is 1. The number of anilines is 2. The van der Waals surface area contributed by atoms with E-state index in [4.69, 9.17) is 14.5 Å². The van der Waals surface area contributed by atoms with Crippen molar-refractivity contribution < 1.29 is 14.3 Å². The van der Waals surface area contributed by atoms with Gasteiger partial charge in [-0.1, -0.05) is 0 Å². The first-order valence-electron chi connectivity index (χ1n) is 10.6. The van der Waals surface area contributed by atoms with Crippen LogP contribution in [-0.4, -0.2) is 61.6 Å². The van der Waals surface area contributed by atoms with Gasteiger partial charge in [-0.3, -0.25) is 4.79 Å². The Morgan fingerprint density at radius 1 is 1.03 bits per heavy atom. The number of likely N-dealkylation sites (N-methyl/N-ethyl adjacent to an activating group) is 1. The highest BCUT2D eigenvalue weighted by Crippen LogP contribution is 2.26. The fourth-order valence-electron chi connectivity index (χ4n) is 3.70. The van der Waals surface area contributed by atoms with Crippen LogP contribution < -0.4 is 19.7 Å². The molecule has 1 N–H and O–H groups in total. The van der Waals surface area contributed by atoms with E-state index in [2.05, 4.69) is 47.8 Å². The van der Waals surface area contributed by atoms with Gasteiger partial charge in [0.1, 0.15) is 23.3 Å². The number of carbonyl (C=O) groups is 1. The first-order chi connectivity index (χ1) is 15.5. The van der Waals surface area contributed by atoms with Gasteiger partial charge in [-0.05, 0) is 68.1 Å². The number of hydrogen-bond acceptors (Lipinski definition) is 7. The van der Waals surface area contributed by atoms with Crippen molar-refractivity contribution in [2.45, 2.75) is 6.92 Å². The Morgan fingerprint density at radius 3 is 2.41 bits per heavy atom. The molecule has 1 aromatic heterocycles. The third-order valence-corrected chi connectivity index (χ3v) is 5.67. The second-order valence-corrected chi connectivity index (χ2v) is 8.16. The summed E-state index contributed by atoms with van der Waals surface area (Å²) in [4.78, 5) is 21.9. The Hall–Kier alpha value is -2.97.